The number of carbonyl (C=O) groups excluding carboxylic acids is 1. The first-order valence-corrected chi connectivity index (χ1v) is 7.57. The number of phenolic OH excluding ortho intramolecular Hbond substituents is 1. The maximum Gasteiger partial charge on any atom is 0.277 e. The average Bonchev–Trinajstić information content (AvgIpc) is 2.57. The number of carbonyl (C=O) groups is 1. The molecule has 2 N–H and O–H groups in total. The lowest BCUT2D eigenvalue weighted by molar-refractivity contribution is -0.123. The topological polar surface area (TPSA) is 80.2 Å². The van der Waals surface area contributed by atoms with Crippen molar-refractivity contribution >= 4 is 12.1 Å². The smallest absolute Gasteiger partial charge is 0.277 e. The fourth-order valence-corrected chi connectivity index (χ4v) is 1.98. The third-order valence-electron chi connectivity index (χ3n) is 3.18. The van der Waals surface area contributed by atoms with Gasteiger partial charge in [-0.2, -0.15) is 5.10 Å². The molecule has 2 aromatic carbocycles. The largest absolute Gasteiger partial charge is 0.504 e. The molecule has 2 aromatic rings. The van der Waals surface area contributed by atoms with Crippen LogP contribution in [0.1, 0.15) is 18.1 Å². The molecule has 0 aromatic heterocycles. The highest BCUT2D eigenvalue weighted by Crippen LogP contribution is 2.28. The lowest BCUT2D eigenvalue weighted by Gasteiger charge is -2.08. The Bertz CT molecular complexity index is 729. The summed E-state index contributed by atoms with van der Waals surface area (Å²) in [6.45, 7) is 4.03. The highest BCUT2D eigenvalue weighted by atomic mass is 16.5. The molecule has 126 valence electrons. The number of aromatic hydroxyl groups is 1. The van der Waals surface area contributed by atoms with Crippen LogP contribution in [0.5, 0.6) is 17.2 Å². The van der Waals surface area contributed by atoms with Crippen LogP contribution in [0.4, 0.5) is 0 Å². The number of hydrogen-bond acceptors (Lipinski definition) is 5. The highest BCUT2D eigenvalue weighted by Gasteiger charge is 2.06. The molecule has 0 aliphatic rings. The van der Waals surface area contributed by atoms with Crippen LogP contribution in [0.15, 0.2) is 47.6 Å². The molecule has 0 bridgehead atoms. The van der Waals surface area contributed by atoms with Gasteiger partial charge >= 0.3 is 0 Å². The molecule has 0 atom stereocenters. The first-order valence-electron chi connectivity index (χ1n) is 7.57. The Morgan fingerprint density at radius 2 is 1.92 bits per heavy atom. The quantitative estimate of drug-likeness (QED) is 0.605. The van der Waals surface area contributed by atoms with Gasteiger partial charge in [0.1, 0.15) is 5.75 Å². The van der Waals surface area contributed by atoms with E-state index >= 15 is 0 Å². The molecule has 0 radical (unpaired) electrons. The van der Waals surface area contributed by atoms with Crippen molar-refractivity contribution in [2.75, 3.05) is 13.2 Å². The second-order valence-corrected chi connectivity index (χ2v) is 4.97. The van der Waals surface area contributed by atoms with Crippen LogP contribution in [-0.2, 0) is 4.79 Å². The molecule has 0 saturated carbocycles. The Morgan fingerprint density at radius 3 is 2.67 bits per heavy atom. The molecule has 0 heterocycles. The first kappa shape index (κ1) is 17.3. The Balaban J connectivity index is 1.89. The normalized spacial score (nSPS) is 10.6. The van der Waals surface area contributed by atoms with Gasteiger partial charge in [0.05, 0.1) is 12.8 Å². The van der Waals surface area contributed by atoms with Crippen molar-refractivity contribution < 1.29 is 19.4 Å². The lowest BCUT2D eigenvalue weighted by Crippen LogP contribution is -2.24. The number of hydrazone groups is 1. The lowest BCUT2D eigenvalue weighted by atomic mass is 10.2. The maximum atomic E-state index is 11.7. The molecule has 1 amide bonds. The van der Waals surface area contributed by atoms with Gasteiger partial charge in [-0.3, -0.25) is 4.79 Å². The third kappa shape index (κ3) is 4.74. The standard InChI is InChI=1S/C18H20N2O4/c1-3-23-16-10-6-8-14(18(16)22)11-19-20-17(21)12-24-15-9-5-4-7-13(15)2/h4-11,22H,3,12H2,1-2H3,(H,20,21)/b19-11+. The van der Waals surface area contributed by atoms with Gasteiger partial charge in [0.25, 0.3) is 5.91 Å². The average molecular weight is 328 g/mol. The van der Waals surface area contributed by atoms with Crippen LogP contribution in [-0.4, -0.2) is 30.4 Å². The molecule has 2 rings (SSSR count). The fraction of sp³-hybridized carbons (Fsp3) is 0.222. The Morgan fingerprint density at radius 1 is 1.17 bits per heavy atom. The van der Waals surface area contributed by atoms with Gasteiger partial charge in [0.15, 0.2) is 18.1 Å². The summed E-state index contributed by atoms with van der Waals surface area (Å²) in [4.78, 5) is 11.7. The van der Waals surface area contributed by atoms with E-state index in [1.54, 1.807) is 24.3 Å². The molecule has 24 heavy (non-hydrogen) atoms. The van der Waals surface area contributed by atoms with E-state index in [-0.39, 0.29) is 12.4 Å². The SMILES string of the molecule is CCOc1cccc(/C=N/NC(=O)COc2ccccc2C)c1O. The van der Waals surface area contributed by atoms with Crippen LogP contribution in [0.2, 0.25) is 0 Å². The molecule has 0 fully saturated rings. The van der Waals surface area contributed by atoms with Crippen molar-refractivity contribution in [1.29, 1.82) is 0 Å². The van der Waals surface area contributed by atoms with Crippen molar-refractivity contribution in [2.24, 2.45) is 5.10 Å². The third-order valence-corrected chi connectivity index (χ3v) is 3.18. The van der Waals surface area contributed by atoms with Gasteiger partial charge in [0.2, 0.25) is 0 Å². The number of ether oxygens (including phenoxy) is 2. The monoisotopic (exact) mass is 328 g/mol. The van der Waals surface area contributed by atoms with Gasteiger partial charge in [-0.1, -0.05) is 24.3 Å². The number of para-hydroxylation sites is 2. The minimum absolute atomic E-state index is 0.0199. The molecule has 0 saturated heterocycles. The number of aryl methyl sites for hydroxylation is 1. The van der Waals surface area contributed by atoms with Crippen molar-refractivity contribution in [3.05, 3.63) is 53.6 Å². The molecule has 0 unspecified atom stereocenters. The fourth-order valence-electron chi connectivity index (χ4n) is 1.98. The Hall–Kier alpha value is -3.02. The van der Waals surface area contributed by atoms with Crippen molar-refractivity contribution in [3.8, 4) is 17.2 Å². The molecule has 0 spiro atoms. The predicted octanol–water partition coefficient (Wildman–Crippen LogP) is 2.63. The molecule has 0 aliphatic heterocycles. The number of nitrogens with zero attached hydrogens (tertiary/aromatic N) is 1. The van der Waals surface area contributed by atoms with E-state index in [9.17, 15) is 9.90 Å². The predicted molar refractivity (Wildman–Crippen MR) is 91.7 cm³/mol. The Labute approximate surface area is 140 Å². The molecular formula is C18H20N2O4. The number of rotatable bonds is 7. The molecular weight excluding hydrogens is 308 g/mol. The second-order valence-electron chi connectivity index (χ2n) is 4.97. The van der Waals surface area contributed by atoms with Crippen molar-refractivity contribution in [1.82, 2.24) is 5.43 Å². The van der Waals surface area contributed by atoms with Gasteiger partial charge in [0, 0.05) is 5.56 Å². The van der Waals surface area contributed by atoms with Crippen molar-refractivity contribution in [3.63, 3.8) is 0 Å². The number of amides is 1. The van der Waals surface area contributed by atoms with Crippen LogP contribution >= 0.6 is 0 Å². The minimum atomic E-state index is -0.394. The first-order chi connectivity index (χ1) is 11.6. The zero-order valence-electron chi connectivity index (χ0n) is 13.7. The van der Waals surface area contributed by atoms with E-state index in [4.69, 9.17) is 9.47 Å². The van der Waals surface area contributed by atoms with Crippen LogP contribution in [0, 0.1) is 6.92 Å². The van der Waals surface area contributed by atoms with E-state index in [2.05, 4.69) is 10.5 Å². The summed E-state index contributed by atoms with van der Waals surface area (Å²) in [7, 11) is 0. The van der Waals surface area contributed by atoms with Crippen LogP contribution in [0.3, 0.4) is 0 Å². The van der Waals surface area contributed by atoms with Gasteiger partial charge in [-0.25, -0.2) is 5.43 Å². The summed E-state index contributed by atoms with van der Waals surface area (Å²) in [6, 6.07) is 12.5. The number of phenols is 1. The van der Waals surface area contributed by atoms with E-state index in [1.165, 1.54) is 6.21 Å². The summed E-state index contributed by atoms with van der Waals surface area (Å²) in [5.41, 5.74) is 3.75. The summed E-state index contributed by atoms with van der Waals surface area (Å²) < 4.78 is 10.7. The van der Waals surface area contributed by atoms with E-state index < -0.39 is 5.91 Å². The highest BCUT2D eigenvalue weighted by molar-refractivity contribution is 5.86. The van der Waals surface area contributed by atoms with Gasteiger partial charge in [-0.15, -0.1) is 0 Å². The molecule has 6 nitrogen and oxygen atoms in total. The van der Waals surface area contributed by atoms with E-state index in [1.807, 2.05) is 32.0 Å². The minimum Gasteiger partial charge on any atom is -0.504 e. The molecule has 0 aliphatic carbocycles. The van der Waals surface area contributed by atoms with Gasteiger partial charge < -0.3 is 14.6 Å². The maximum absolute atomic E-state index is 11.7. The Kier molecular flexibility index (Phi) is 6.19. The van der Waals surface area contributed by atoms with Crippen molar-refractivity contribution in [2.45, 2.75) is 13.8 Å². The number of benzene rings is 2. The number of hydrogen-bond donors (Lipinski definition) is 2. The second kappa shape index (κ2) is 8.57. The summed E-state index contributed by atoms with van der Waals surface area (Å²) >= 11 is 0. The van der Waals surface area contributed by atoms with E-state index in [0.717, 1.165) is 5.56 Å². The zero-order chi connectivity index (χ0) is 17.4. The molecule has 6 heteroatoms. The summed E-state index contributed by atoms with van der Waals surface area (Å²) in [5, 5.41) is 13.8. The van der Waals surface area contributed by atoms with E-state index in [0.29, 0.717) is 23.7 Å². The summed E-state index contributed by atoms with van der Waals surface area (Å²) in [5.74, 6) is 0.609. The number of nitrogens with one attached hydrogen (secondary N) is 1. The van der Waals surface area contributed by atoms with Crippen LogP contribution in [0.25, 0.3) is 0 Å². The van der Waals surface area contributed by atoms with Gasteiger partial charge in [-0.05, 0) is 37.6 Å². The van der Waals surface area contributed by atoms with Crippen LogP contribution < -0.4 is 14.9 Å². The summed E-state index contributed by atoms with van der Waals surface area (Å²) in [6.07, 6.45) is 1.35. The zero-order valence-corrected chi connectivity index (χ0v) is 13.7.